The molecule has 0 aliphatic rings. The standard InChI is InChI=1S/C15H12Br2N2/c1-10-6-7-11(13(17)8-10)15(9-18)19-14-5-3-2-4-12(14)16/h2-8,15,19H,1H3. The summed E-state index contributed by atoms with van der Waals surface area (Å²) < 4.78 is 1.89. The molecule has 96 valence electrons. The topological polar surface area (TPSA) is 35.8 Å². The van der Waals surface area contributed by atoms with E-state index in [-0.39, 0.29) is 0 Å². The molecule has 0 aliphatic heterocycles. The zero-order chi connectivity index (χ0) is 13.8. The Hall–Kier alpha value is -1.31. The molecule has 0 bridgehead atoms. The van der Waals surface area contributed by atoms with Gasteiger partial charge in [0.15, 0.2) is 0 Å². The summed E-state index contributed by atoms with van der Waals surface area (Å²) in [4.78, 5) is 0. The average Bonchev–Trinajstić information content (AvgIpc) is 2.39. The van der Waals surface area contributed by atoms with Crippen molar-refractivity contribution in [1.82, 2.24) is 0 Å². The minimum atomic E-state index is -0.395. The number of hydrogen-bond acceptors (Lipinski definition) is 2. The van der Waals surface area contributed by atoms with Crippen LogP contribution < -0.4 is 5.32 Å². The molecule has 1 atom stereocenters. The first-order chi connectivity index (χ1) is 9.11. The predicted octanol–water partition coefficient (Wildman–Crippen LogP) is 5.20. The fourth-order valence-electron chi connectivity index (χ4n) is 1.78. The summed E-state index contributed by atoms with van der Waals surface area (Å²) in [6.45, 7) is 2.02. The predicted molar refractivity (Wildman–Crippen MR) is 85.0 cm³/mol. The van der Waals surface area contributed by atoms with Crippen LogP contribution in [0.25, 0.3) is 0 Å². The third-order valence-electron chi connectivity index (χ3n) is 2.77. The number of benzene rings is 2. The lowest BCUT2D eigenvalue weighted by Crippen LogP contribution is -2.09. The zero-order valence-electron chi connectivity index (χ0n) is 10.3. The average molecular weight is 380 g/mol. The molecule has 0 aromatic heterocycles. The van der Waals surface area contributed by atoms with Gasteiger partial charge in [-0.1, -0.05) is 40.2 Å². The minimum Gasteiger partial charge on any atom is -0.365 e. The Morgan fingerprint density at radius 3 is 2.47 bits per heavy atom. The normalized spacial score (nSPS) is 11.7. The lowest BCUT2D eigenvalue weighted by molar-refractivity contribution is 0.986. The van der Waals surface area contributed by atoms with E-state index in [2.05, 4.69) is 43.2 Å². The van der Waals surface area contributed by atoms with Gasteiger partial charge in [-0.3, -0.25) is 0 Å². The summed E-state index contributed by atoms with van der Waals surface area (Å²) in [7, 11) is 0. The van der Waals surface area contributed by atoms with E-state index in [1.165, 1.54) is 0 Å². The van der Waals surface area contributed by atoms with Crippen LogP contribution in [0.2, 0.25) is 0 Å². The molecule has 0 spiro atoms. The van der Waals surface area contributed by atoms with Gasteiger partial charge in [0.2, 0.25) is 0 Å². The zero-order valence-corrected chi connectivity index (χ0v) is 13.5. The van der Waals surface area contributed by atoms with Gasteiger partial charge in [0.25, 0.3) is 0 Å². The van der Waals surface area contributed by atoms with Crippen molar-refractivity contribution in [3.8, 4) is 6.07 Å². The molecule has 0 amide bonds. The van der Waals surface area contributed by atoms with Gasteiger partial charge in [0.1, 0.15) is 6.04 Å². The Morgan fingerprint density at radius 1 is 1.11 bits per heavy atom. The van der Waals surface area contributed by atoms with Gasteiger partial charge in [-0.2, -0.15) is 5.26 Å². The first-order valence-electron chi connectivity index (χ1n) is 5.78. The van der Waals surface area contributed by atoms with Crippen LogP contribution in [0.15, 0.2) is 51.4 Å². The SMILES string of the molecule is Cc1ccc(C(C#N)Nc2ccccc2Br)c(Br)c1. The molecule has 4 heteroatoms. The van der Waals surface area contributed by atoms with Crippen LogP contribution in [0.4, 0.5) is 5.69 Å². The van der Waals surface area contributed by atoms with Crippen LogP contribution in [-0.4, -0.2) is 0 Å². The molecule has 19 heavy (non-hydrogen) atoms. The summed E-state index contributed by atoms with van der Waals surface area (Å²) in [5.41, 5.74) is 3.00. The number of hydrogen-bond donors (Lipinski definition) is 1. The van der Waals surface area contributed by atoms with E-state index in [4.69, 9.17) is 0 Å². The summed E-state index contributed by atoms with van der Waals surface area (Å²) in [5, 5.41) is 12.6. The van der Waals surface area contributed by atoms with E-state index in [9.17, 15) is 5.26 Å². The largest absolute Gasteiger partial charge is 0.365 e. The molecule has 2 aromatic rings. The minimum absolute atomic E-state index is 0.395. The lowest BCUT2D eigenvalue weighted by atomic mass is 10.1. The molecule has 2 nitrogen and oxygen atoms in total. The van der Waals surface area contributed by atoms with Crippen LogP contribution in [0, 0.1) is 18.3 Å². The highest BCUT2D eigenvalue weighted by Gasteiger charge is 2.14. The monoisotopic (exact) mass is 378 g/mol. The van der Waals surface area contributed by atoms with Gasteiger partial charge in [-0.05, 0) is 46.6 Å². The third-order valence-corrected chi connectivity index (χ3v) is 4.15. The number of nitrogens with one attached hydrogen (secondary N) is 1. The van der Waals surface area contributed by atoms with Crippen molar-refractivity contribution in [1.29, 1.82) is 5.26 Å². The first-order valence-corrected chi connectivity index (χ1v) is 7.37. The number of nitriles is 1. The molecule has 1 unspecified atom stereocenters. The van der Waals surface area contributed by atoms with E-state index in [1.807, 2.05) is 49.4 Å². The van der Waals surface area contributed by atoms with E-state index in [0.717, 1.165) is 25.8 Å². The van der Waals surface area contributed by atoms with E-state index in [1.54, 1.807) is 0 Å². The molecule has 2 rings (SSSR count). The highest BCUT2D eigenvalue weighted by atomic mass is 79.9. The fraction of sp³-hybridized carbons (Fsp3) is 0.133. The molecule has 1 N–H and O–H groups in total. The number of halogens is 2. The molecular formula is C15H12Br2N2. The highest BCUT2D eigenvalue weighted by molar-refractivity contribution is 9.11. The molecule has 0 fully saturated rings. The summed E-state index contributed by atoms with van der Waals surface area (Å²) in [6, 6.07) is 15.7. The van der Waals surface area contributed by atoms with Crippen LogP contribution in [-0.2, 0) is 0 Å². The second-order valence-corrected chi connectivity index (χ2v) is 5.92. The molecule has 0 saturated carbocycles. The fourth-order valence-corrected chi connectivity index (χ4v) is 2.90. The second kappa shape index (κ2) is 6.23. The lowest BCUT2D eigenvalue weighted by Gasteiger charge is -2.16. The number of aryl methyl sites for hydroxylation is 1. The summed E-state index contributed by atoms with van der Waals surface area (Å²) >= 11 is 6.99. The first kappa shape index (κ1) is 14.1. The molecule has 0 radical (unpaired) electrons. The summed E-state index contributed by atoms with van der Waals surface area (Å²) in [5.74, 6) is 0. The molecule has 0 aliphatic carbocycles. The van der Waals surface area contributed by atoms with Crippen molar-refractivity contribution in [3.05, 3.63) is 62.5 Å². The van der Waals surface area contributed by atoms with Crippen molar-refractivity contribution in [2.45, 2.75) is 13.0 Å². The smallest absolute Gasteiger partial charge is 0.141 e. The highest BCUT2D eigenvalue weighted by Crippen LogP contribution is 2.30. The summed E-state index contributed by atoms with van der Waals surface area (Å²) in [6.07, 6.45) is 0. The van der Waals surface area contributed by atoms with Gasteiger partial charge < -0.3 is 5.32 Å². The maximum Gasteiger partial charge on any atom is 0.141 e. The number of para-hydroxylation sites is 1. The van der Waals surface area contributed by atoms with Crippen LogP contribution >= 0.6 is 31.9 Å². The van der Waals surface area contributed by atoms with Crippen molar-refractivity contribution in [2.24, 2.45) is 0 Å². The van der Waals surface area contributed by atoms with E-state index >= 15 is 0 Å². The molecule has 0 saturated heterocycles. The van der Waals surface area contributed by atoms with Gasteiger partial charge in [-0.25, -0.2) is 0 Å². The third kappa shape index (κ3) is 3.37. The van der Waals surface area contributed by atoms with Gasteiger partial charge in [-0.15, -0.1) is 0 Å². The van der Waals surface area contributed by atoms with E-state index in [0.29, 0.717) is 0 Å². The van der Waals surface area contributed by atoms with Crippen molar-refractivity contribution in [3.63, 3.8) is 0 Å². The number of nitrogens with zero attached hydrogens (tertiary/aromatic N) is 1. The van der Waals surface area contributed by atoms with Crippen LogP contribution in [0.5, 0.6) is 0 Å². The maximum absolute atomic E-state index is 9.38. The van der Waals surface area contributed by atoms with Crippen molar-refractivity contribution in [2.75, 3.05) is 5.32 Å². The molecule has 2 aromatic carbocycles. The van der Waals surface area contributed by atoms with Gasteiger partial charge in [0.05, 0.1) is 6.07 Å². The Kier molecular flexibility index (Phi) is 4.62. The van der Waals surface area contributed by atoms with Crippen LogP contribution in [0.3, 0.4) is 0 Å². The van der Waals surface area contributed by atoms with Crippen molar-refractivity contribution < 1.29 is 0 Å². The Balaban J connectivity index is 2.31. The number of rotatable bonds is 3. The second-order valence-electron chi connectivity index (χ2n) is 4.21. The maximum atomic E-state index is 9.38. The quantitative estimate of drug-likeness (QED) is 0.795. The number of anilines is 1. The molecular weight excluding hydrogens is 368 g/mol. The van der Waals surface area contributed by atoms with Crippen molar-refractivity contribution >= 4 is 37.5 Å². The molecule has 0 heterocycles. The van der Waals surface area contributed by atoms with Crippen LogP contribution in [0.1, 0.15) is 17.2 Å². The van der Waals surface area contributed by atoms with E-state index < -0.39 is 6.04 Å². The Morgan fingerprint density at radius 2 is 1.84 bits per heavy atom. The van der Waals surface area contributed by atoms with Gasteiger partial charge >= 0.3 is 0 Å². The Labute approximate surface area is 129 Å². The van der Waals surface area contributed by atoms with Gasteiger partial charge in [0, 0.05) is 20.2 Å². The Bertz CT molecular complexity index is 632.